The number of benzene rings is 2. The molecule has 3 amide bonds. The lowest BCUT2D eigenvalue weighted by Crippen LogP contribution is -2.59. The summed E-state index contributed by atoms with van der Waals surface area (Å²) in [5.74, 6) is -1.23. The summed E-state index contributed by atoms with van der Waals surface area (Å²) in [7, 11) is 1.62. The van der Waals surface area contributed by atoms with Crippen LogP contribution in [0.4, 0.5) is 5.69 Å². The first-order valence-corrected chi connectivity index (χ1v) is 14.1. The second kappa shape index (κ2) is 12.7. The van der Waals surface area contributed by atoms with E-state index >= 15 is 0 Å². The van der Waals surface area contributed by atoms with Crippen molar-refractivity contribution in [1.82, 2.24) is 10.2 Å². The molecule has 3 atom stereocenters. The molecule has 0 aliphatic carbocycles. The summed E-state index contributed by atoms with van der Waals surface area (Å²) in [6.45, 7) is 3.18. The molecule has 1 saturated heterocycles. The van der Waals surface area contributed by atoms with E-state index in [1.54, 1.807) is 51.2 Å². The fourth-order valence-corrected chi connectivity index (χ4v) is 5.31. The maximum atomic E-state index is 13.9. The van der Waals surface area contributed by atoms with E-state index < -0.39 is 47.6 Å². The highest BCUT2D eigenvalue weighted by Crippen LogP contribution is 2.42. The van der Waals surface area contributed by atoms with Crippen molar-refractivity contribution in [3.8, 4) is 5.75 Å². The minimum absolute atomic E-state index is 0.167. The molecule has 228 valence electrons. The SMILES string of the molecule is CN(C(=O)C1CCCN1C(=O)C(NC(=O)/C=C/c1ccc2c(c1)C(O)C(C=O)(C=O)O2)C(C)(C)CO)c1ccc(Cl)cc1. The van der Waals surface area contributed by atoms with Crippen molar-refractivity contribution in [2.75, 3.05) is 25.1 Å². The van der Waals surface area contributed by atoms with Crippen molar-refractivity contribution >= 4 is 53.7 Å². The van der Waals surface area contributed by atoms with Crippen LogP contribution in [0.2, 0.25) is 5.02 Å². The van der Waals surface area contributed by atoms with Crippen LogP contribution in [0.25, 0.3) is 6.08 Å². The lowest BCUT2D eigenvalue weighted by molar-refractivity contribution is -0.143. The zero-order valence-corrected chi connectivity index (χ0v) is 24.8. The quantitative estimate of drug-likeness (QED) is 0.210. The minimum atomic E-state index is -2.02. The number of halogens is 1. The zero-order valence-electron chi connectivity index (χ0n) is 24.0. The van der Waals surface area contributed by atoms with Crippen LogP contribution in [0.5, 0.6) is 5.75 Å². The number of carbonyl (C=O) groups excluding carboxylic acids is 5. The highest BCUT2D eigenvalue weighted by Gasteiger charge is 2.48. The molecular weight excluding hydrogens is 578 g/mol. The second-order valence-electron chi connectivity index (χ2n) is 11.4. The zero-order chi connectivity index (χ0) is 31.5. The van der Waals surface area contributed by atoms with Gasteiger partial charge in [-0.1, -0.05) is 31.5 Å². The Morgan fingerprint density at radius 3 is 2.49 bits per heavy atom. The first-order valence-electron chi connectivity index (χ1n) is 13.7. The number of ether oxygens (including phenoxy) is 1. The van der Waals surface area contributed by atoms with Crippen molar-refractivity contribution in [2.24, 2.45) is 5.41 Å². The van der Waals surface area contributed by atoms with Crippen molar-refractivity contribution < 1.29 is 38.9 Å². The van der Waals surface area contributed by atoms with Gasteiger partial charge in [-0.05, 0) is 60.9 Å². The Balaban J connectivity index is 1.50. The minimum Gasteiger partial charge on any atom is -0.469 e. The summed E-state index contributed by atoms with van der Waals surface area (Å²) < 4.78 is 5.35. The maximum Gasteiger partial charge on any atom is 0.249 e. The number of nitrogens with one attached hydrogen (secondary N) is 1. The van der Waals surface area contributed by atoms with Crippen LogP contribution < -0.4 is 15.0 Å². The van der Waals surface area contributed by atoms with Crippen molar-refractivity contribution in [3.63, 3.8) is 0 Å². The molecule has 2 aromatic carbocycles. The van der Waals surface area contributed by atoms with Gasteiger partial charge in [0.2, 0.25) is 23.3 Å². The van der Waals surface area contributed by atoms with Crippen LogP contribution in [0.15, 0.2) is 48.5 Å². The van der Waals surface area contributed by atoms with Gasteiger partial charge in [0.15, 0.2) is 12.6 Å². The van der Waals surface area contributed by atoms with Gasteiger partial charge >= 0.3 is 0 Å². The third-order valence-corrected chi connectivity index (χ3v) is 8.18. The van der Waals surface area contributed by atoms with E-state index in [0.29, 0.717) is 35.7 Å². The van der Waals surface area contributed by atoms with E-state index in [1.165, 1.54) is 34.1 Å². The lowest BCUT2D eigenvalue weighted by atomic mass is 9.84. The highest BCUT2D eigenvalue weighted by molar-refractivity contribution is 6.30. The number of aliphatic hydroxyl groups is 2. The number of likely N-dealkylation sites (tertiary alicyclic amines) is 1. The third kappa shape index (κ3) is 6.34. The Hall–Kier alpha value is -4.06. The number of likely N-dealkylation sites (N-methyl/N-ethyl adjacent to an activating group) is 1. The van der Waals surface area contributed by atoms with Gasteiger partial charge in [0.25, 0.3) is 0 Å². The first-order chi connectivity index (χ1) is 20.4. The van der Waals surface area contributed by atoms with Crippen molar-refractivity contribution in [1.29, 1.82) is 0 Å². The highest BCUT2D eigenvalue weighted by atomic mass is 35.5. The van der Waals surface area contributed by atoms with Crippen LogP contribution in [0, 0.1) is 5.41 Å². The number of amides is 3. The molecule has 12 heteroatoms. The second-order valence-corrected chi connectivity index (χ2v) is 11.8. The molecule has 43 heavy (non-hydrogen) atoms. The largest absolute Gasteiger partial charge is 0.469 e. The molecule has 3 unspecified atom stereocenters. The van der Waals surface area contributed by atoms with Gasteiger partial charge in [-0.25, -0.2) is 0 Å². The molecule has 0 saturated carbocycles. The number of aldehydes is 2. The molecule has 3 N–H and O–H groups in total. The third-order valence-electron chi connectivity index (χ3n) is 7.93. The van der Waals surface area contributed by atoms with E-state index in [9.17, 15) is 34.2 Å². The Labute approximate surface area is 254 Å². The van der Waals surface area contributed by atoms with Crippen LogP contribution >= 0.6 is 11.6 Å². The maximum absolute atomic E-state index is 13.9. The number of hydrogen-bond acceptors (Lipinski definition) is 8. The van der Waals surface area contributed by atoms with Gasteiger partial charge in [0, 0.05) is 41.4 Å². The van der Waals surface area contributed by atoms with Crippen LogP contribution in [-0.2, 0) is 24.0 Å². The van der Waals surface area contributed by atoms with E-state index in [1.807, 2.05) is 0 Å². The summed E-state index contributed by atoms with van der Waals surface area (Å²) in [5, 5.41) is 23.8. The topological polar surface area (TPSA) is 154 Å². The standard InChI is InChI=1S/C31H34ClN3O8/c1-30(2,16-36)26(29(42)35-14-4-5-23(35)28(41)34(3)21-10-8-20(32)9-11-21)33-25(39)13-7-19-6-12-24-22(15-19)27(40)31(17-37,18-38)43-24/h6-13,15,17-18,23,26-27,36,40H,4-5,14,16H2,1-3H3,(H,33,39)/b13-7+. The smallest absolute Gasteiger partial charge is 0.249 e. The number of hydrogen-bond donors (Lipinski definition) is 3. The molecule has 4 rings (SSSR count). The van der Waals surface area contributed by atoms with Gasteiger partial charge < -0.3 is 30.1 Å². The summed E-state index contributed by atoms with van der Waals surface area (Å²) in [6.07, 6.45) is 2.63. The van der Waals surface area contributed by atoms with E-state index in [0.717, 1.165) is 0 Å². The fraction of sp³-hybridized carbons (Fsp3) is 0.387. The number of nitrogens with zero attached hydrogens (tertiary/aromatic N) is 2. The number of carbonyl (C=O) groups is 5. The fourth-order valence-electron chi connectivity index (χ4n) is 5.18. The Morgan fingerprint density at radius 1 is 1.19 bits per heavy atom. The normalized spacial score (nSPS) is 19.8. The molecule has 0 aromatic heterocycles. The molecule has 2 aromatic rings. The Morgan fingerprint density at radius 2 is 1.86 bits per heavy atom. The summed E-state index contributed by atoms with van der Waals surface area (Å²) in [6, 6.07) is 9.38. The van der Waals surface area contributed by atoms with Crippen LogP contribution in [-0.4, -0.2) is 83.3 Å². The van der Waals surface area contributed by atoms with Gasteiger partial charge in [0.1, 0.15) is 23.9 Å². The average Bonchev–Trinajstić information content (AvgIpc) is 3.61. The van der Waals surface area contributed by atoms with Crippen LogP contribution in [0.1, 0.15) is 43.9 Å². The predicted molar refractivity (Wildman–Crippen MR) is 158 cm³/mol. The van der Waals surface area contributed by atoms with Gasteiger partial charge in [0.05, 0.1) is 6.61 Å². The number of aliphatic hydroxyl groups excluding tert-OH is 2. The summed E-state index contributed by atoms with van der Waals surface area (Å²) in [4.78, 5) is 66.1. The number of anilines is 1. The van der Waals surface area contributed by atoms with E-state index in [4.69, 9.17) is 16.3 Å². The molecule has 0 bridgehead atoms. The monoisotopic (exact) mass is 611 g/mol. The molecule has 0 radical (unpaired) electrons. The van der Waals surface area contributed by atoms with E-state index in [2.05, 4.69) is 5.32 Å². The number of rotatable bonds is 10. The van der Waals surface area contributed by atoms with Gasteiger partial charge in [-0.3, -0.25) is 24.0 Å². The molecular formula is C31H34ClN3O8. The number of fused-ring (bicyclic) bond motifs is 1. The summed E-state index contributed by atoms with van der Waals surface area (Å²) in [5.41, 5.74) is -1.80. The van der Waals surface area contributed by atoms with Gasteiger partial charge in [-0.2, -0.15) is 0 Å². The van der Waals surface area contributed by atoms with Crippen molar-refractivity contribution in [3.05, 3.63) is 64.7 Å². The predicted octanol–water partition coefficient (Wildman–Crippen LogP) is 2.07. The molecule has 1 fully saturated rings. The molecule has 2 aliphatic heterocycles. The van der Waals surface area contributed by atoms with Crippen molar-refractivity contribution in [2.45, 2.75) is 50.5 Å². The lowest BCUT2D eigenvalue weighted by Gasteiger charge is -2.37. The summed E-state index contributed by atoms with van der Waals surface area (Å²) >= 11 is 5.97. The Bertz CT molecular complexity index is 1430. The first kappa shape index (κ1) is 31.9. The molecule has 2 heterocycles. The molecule has 11 nitrogen and oxygen atoms in total. The average molecular weight is 612 g/mol. The van der Waals surface area contributed by atoms with Gasteiger partial charge in [-0.15, -0.1) is 0 Å². The van der Waals surface area contributed by atoms with Crippen LogP contribution in [0.3, 0.4) is 0 Å². The molecule has 0 spiro atoms. The molecule has 2 aliphatic rings. The Kier molecular flexibility index (Phi) is 9.38. The van der Waals surface area contributed by atoms with E-state index in [-0.39, 0.29) is 29.8 Å².